The summed E-state index contributed by atoms with van der Waals surface area (Å²) in [6, 6.07) is 4.39. The Morgan fingerprint density at radius 2 is 1.94 bits per heavy atom. The van der Waals surface area contributed by atoms with Crippen LogP contribution in [-0.4, -0.2) is 9.97 Å². The topological polar surface area (TPSA) is 37.8 Å². The third kappa shape index (κ3) is 2.88. The zero-order chi connectivity index (χ0) is 11.5. The van der Waals surface area contributed by atoms with Crippen molar-refractivity contribution in [2.45, 2.75) is 0 Å². The summed E-state index contributed by atoms with van der Waals surface area (Å²) in [5.41, 5.74) is 0.598. The highest BCUT2D eigenvalue weighted by molar-refractivity contribution is 14.1. The number of benzene rings is 1. The van der Waals surface area contributed by atoms with Crippen LogP contribution < -0.4 is 5.32 Å². The quantitative estimate of drug-likeness (QED) is 0.790. The van der Waals surface area contributed by atoms with E-state index in [0.29, 0.717) is 11.6 Å². The summed E-state index contributed by atoms with van der Waals surface area (Å²) in [6.07, 6.45) is 3.37. The summed E-state index contributed by atoms with van der Waals surface area (Å²) in [5, 5.41) is 2.93. The van der Waals surface area contributed by atoms with Crippen molar-refractivity contribution in [2.75, 3.05) is 5.32 Å². The minimum Gasteiger partial charge on any atom is -0.323 e. The van der Waals surface area contributed by atoms with Crippen LogP contribution in [0.4, 0.5) is 16.0 Å². The fourth-order valence-electron chi connectivity index (χ4n) is 1.09. The molecule has 3 nitrogen and oxygen atoms in total. The molecular weight excluding hydrogens is 388 g/mol. The number of nitrogens with zero attached hydrogens (tertiary/aromatic N) is 2. The van der Waals surface area contributed by atoms with Crippen LogP contribution in [-0.2, 0) is 0 Å². The summed E-state index contributed by atoms with van der Waals surface area (Å²) in [7, 11) is 0. The number of aromatic nitrogens is 2. The van der Waals surface area contributed by atoms with Crippen LogP contribution in [0.2, 0.25) is 0 Å². The van der Waals surface area contributed by atoms with Crippen molar-refractivity contribution in [3.63, 3.8) is 0 Å². The molecule has 0 bridgehead atoms. The van der Waals surface area contributed by atoms with Crippen LogP contribution in [0.25, 0.3) is 0 Å². The number of hydrogen-bond acceptors (Lipinski definition) is 3. The average molecular weight is 394 g/mol. The van der Waals surface area contributed by atoms with Gasteiger partial charge in [-0.2, -0.15) is 0 Å². The molecule has 1 aromatic heterocycles. The van der Waals surface area contributed by atoms with E-state index < -0.39 is 0 Å². The van der Waals surface area contributed by atoms with Crippen LogP contribution in [0, 0.1) is 9.39 Å². The molecule has 1 heterocycles. The Morgan fingerprint density at radius 3 is 2.62 bits per heavy atom. The molecule has 2 aromatic rings. The zero-order valence-corrected chi connectivity index (χ0v) is 11.7. The van der Waals surface area contributed by atoms with E-state index in [-0.39, 0.29) is 5.82 Å². The third-order valence-electron chi connectivity index (χ3n) is 1.80. The summed E-state index contributed by atoms with van der Waals surface area (Å²) in [4.78, 5) is 8.14. The fourth-order valence-corrected chi connectivity index (χ4v) is 1.71. The van der Waals surface area contributed by atoms with Crippen LogP contribution in [0.3, 0.4) is 0 Å². The van der Waals surface area contributed by atoms with Crippen molar-refractivity contribution < 1.29 is 4.39 Å². The summed E-state index contributed by atoms with van der Waals surface area (Å²) >= 11 is 5.43. The highest BCUT2D eigenvalue weighted by atomic mass is 127. The van der Waals surface area contributed by atoms with E-state index >= 15 is 0 Å². The minimum atomic E-state index is -0.309. The van der Waals surface area contributed by atoms with E-state index in [1.165, 1.54) is 12.1 Å². The molecule has 0 atom stereocenters. The fraction of sp³-hybridized carbons (Fsp3) is 0. The summed E-state index contributed by atoms with van der Waals surface area (Å²) in [5.74, 6) is 0.128. The number of rotatable bonds is 2. The van der Waals surface area contributed by atoms with Gasteiger partial charge in [-0.25, -0.2) is 14.4 Å². The summed E-state index contributed by atoms with van der Waals surface area (Å²) < 4.78 is 14.7. The molecule has 1 aromatic carbocycles. The van der Waals surface area contributed by atoms with Gasteiger partial charge in [-0.3, -0.25) is 0 Å². The standard InChI is InChI=1S/C10H6BrFIN3/c11-8-2-1-6(12)3-9(8)16-10-14-4-7(13)5-15-10/h1-5H,(H,14,15,16). The second kappa shape index (κ2) is 5.05. The van der Waals surface area contributed by atoms with Crippen molar-refractivity contribution in [3.8, 4) is 0 Å². The lowest BCUT2D eigenvalue weighted by Gasteiger charge is -2.06. The Labute approximate surface area is 114 Å². The first kappa shape index (κ1) is 11.7. The molecule has 2 rings (SSSR count). The molecule has 0 fully saturated rings. The Hall–Kier alpha value is -0.760. The minimum absolute atomic E-state index is 0.309. The lowest BCUT2D eigenvalue weighted by Crippen LogP contribution is -1.97. The predicted octanol–water partition coefficient (Wildman–Crippen LogP) is 3.73. The molecular formula is C10H6BrFIN3. The molecule has 0 aliphatic rings. The van der Waals surface area contributed by atoms with Gasteiger partial charge >= 0.3 is 0 Å². The molecule has 0 aliphatic carbocycles. The molecule has 1 N–H and O–H groups in total. The lowest BCUT2D eigenvalue weighted by molar-refractivity contribution is 0.628. The van der Waals surface area contributed by atoms with Crippen LogP contribution in [0.5, 0.6) is 0 Å². The highest BCUT2D eigenvalue weighted by Crippen LogP contribution is 2.25. The first-order valence-corrected chi connectivity index (χ1v) is 6.22. The number of nitrogens with one attached hydrogen (secondary N) is 1. The van der Waals surface area contributed by atoms with E-state index in [4.69, 9.17) is 0 Å². The molecule has 0 unspecified atom stereocenters. The molecule has 0 spiro atoms. The SMILES string of the molecule is Fc1ccc(Br)c(Nc2ncc(I)cn2)c1. The first-order valence-electron chi connectivity index (χ1n) is 4.35. The second-order valence-electron chi connectivity index (χ2n) is 2.97. The van der Waals surface area contributed by atoms with Crippen molar-refractivity contribution in [3.05, 3.63) is 44.5 Å². The van der Waals surface area contributed by atoms with Crippen LogP contribution in [0.15, 0.2) is 35.1 Å². The molecule has 0 saturated heterocycles. The molecule has 16 heavy (non-hydrogen) atoms. The number of anilines is 2. The van der Waals surface area contributed by atoms with E-state index in [9.17, 15) is 4.39 Å². The predicted molar refractivity (Wildman–Crippen MR) is 72.1 cm³/mol. The maximum absolute atomic E-state index is 13.0. The highest BCUT2D eigenvalue weighted by Gasteiger charge is 2.03. The molecule has 6 heteroatoms. The average Bonchev–Trinajstić information content (AvgIpc) is 2.27. The van der Waals surface area contributed by atoms with Crippen molar-refractivity contribution in [1.29, 1.82) is 0 Å². The maximum Gasteiger partial charge on any atom is 0.227 e. The van der Waals surface area contributed by atoms with E-state index in [1.807, 2.05) is 0 Å². The van der Waals surface area contributed by atoms with Gasteiger partial charge in [0.2, 0.25) is 5.95 Å². The van der Waals surface area contributed by atoms with Crippen molar-refractivity contribution >= 4 is 50.2 Å². The molecule has 0 saturated carbocycles. The normalized spacial score (nSPS) is 10.2. The Bertz CT molecular complexity index is 504. The summed E-state index contributed by atoms with van der Waals surface area (Å²) in [6.45, 7) is 0. The van der Waals surface area contributed by atoms with Gasteiger partial charge in [0, 0.05) is 20.4 Å². The number of halogens is 3. The lowest BCUT2D eigenvalue weighted by atomic mass is 10.3. The first-order chi connectivity index (χ1) is 7.65. The van der Waals surface area contributed by atoms with Gasteiger partial charge < -0.3 is 5.32 Å². The maximum atomic E-state index is 13.0. The van der Waals surface area contributed by atoms with Gasteiger partial charge in [-0.1, -0.05) is 0 Å². The van der Waals surface area contributed by atoms with Gasteiger partial charge in [0.25, 0.3) is 0 Å². The van der Waals surface area contributed by atoms with E-state index in [0.717, 1.165) is 8.04 Å². The molecule has 0 amide bonds. The van der Waals surface area contributed by atoms with Crippen LogP contribution >= 0.6 is 38.5 Å². The Balaban J connectivity index is 2.26. The number of hydrogen-bond donors (Lipinski definition) is 1. The Morgan fingerprint density at radius 1 is 1.25 bits per heavy atom. The largest absolute Gasteiger partial charge is 0.323 e. The van der Waals surface area contributed by atoms with Crippen molar-refractivity contribution in [2.24, 2.45) is 0 Å². The molecule has 0 aliphatic heterocycles. The van der Waals surface area contributed by atoms with Gasteiger partial charge in [0.05, 0.1) is 5.69 Å². The van der Waals surface area contributed by atoms with E-state index in [1.54, 1.807) is 18.5 Å². The van der Waals surface area contributed by atoms with Gasteiger partial charge in [0.15, 0.2) is 0 Å². The molecule has 82 valence electrons. The van der Waals surface area contributed by atoms with Gasteiger partial charge in [0.1, 0.15) is 5.82 Å². The van der Waals surface area contributed by atoms with Gasteiger partial charge in [-0.15, -0.1) is 0 Å². The molecule has 0 radical (unpaired) electrons. The zero-order valence-electron chi connectivity index (χ0n) is 7.92. The second-order valence-corrected chi connectivity index (χ2v) is 5.07. The van der Waals surface area contributed by atoms with E-state index in [2.05, 4.69) is 53.8 Å². The van der Waals surface area contributed by atoms with Crippen molar-refractivity contribution in [1.82, 2.24) is 9.97 Å². The smallest absolute Gasteiger partial charge is 0.227 e. The van der Waals surface area contributed by atoms with Crippen LogP contribution in [0.1, 0.15) is 0 Å². The third-order valence-corrected chi connectivity index (χ3v) is 3.04. The van der Waals surface area contributed by atoms with Gasteiger partial charge in [-0.05, 0) is 56.7 Å². The monoisotopic (exact) mass is 393 g/mol. The Kier molecular flexibility index (Phi) is 3.70.